The fourth-order valence-electron chi connectivity index (χ4n) is 1.31. The van der Waals surface area contributed by atoms with E-state index in [0.717, 1.165) is 0 Å². The largest absolute Gasteiger partial charge is 0.437 e. The second-order valence-corrected chi connectivity index (χ2v) is 3.40. The van der Waals surface area contributed by atoms with Crippen LogP contribution < -0.4 is 16.0 Å². The van der Waals surface area contributed by atoms with Crippen LogP contribution >= 0.6 is 0 Å². The van der Waals surface area contributed by atoms with Gasteiger partial charge >= 0.3 is 0 Å². The van der Waals surface area contributed by atoms with E-state index in [1.807, 2.05) is 0 Å². The van der Waals surface area contributed by atoms with Crippen molar-refractivity contribution in [3.8, 4) is 11.6 Å². The lowest BCUT2D eigenvalue weighted by atomic mass is 10.2. The Hall–Kier alpha value is -2.21. The number of anilines is 1. The Bertz CT molecular complexity index is 533. The highest BCUT2D eigenvalue weighted by molar-refractivity contribution is 5.37. The van der Waals surface area contributed by atoms with Crippen molar-refractivity contribution in [2.24, 2.45) is 5.84 Å². The Labute approximate surface area is 97.4 Å². The van der Waals surface area contributed by atoms with Crippen molar-refractivity contribution in [2.45, 2.75) is 6.92 Å². The Balaban J connectivity index is 2.25. The number of nitrogens with zero attached hydrogens (tertiary/aromatic N) is 2. The Kier molecular flexibility index (Phi) is 3.15. The lowest BCUT2D eigenvalue weighted by Crippen LogP contribution is -2.09. The smallest absolute Gasteiger partial charge is 0.239 e. The zero-order valence-corrected chi connectivity index (χ0v) is 9.14. The number of hydrogen-bond acceptors (Lipinski definition) is 5. The first-order valence-corrected chi connectivity index (χ1v) is 4.91. The number of nitrogens with one attached hydrogen (secondary N) is 1. The molecule has 0 fully saturated rings. The third kappa shape index (κ3) is 2.67. The van der Waals surface area contributed by atoms with Crippen LogP contribution in [0.4, 0.5) is 10.2 Å². The van der Waals surface area contributed by atoms with Crippen molar-refractivity contribution < 1.29 is 9.13 Å². The van der Waals surface area contributed by atoms with Crippen molar-refractivity contribution in [3.05, 3.63) is 42.0 Å². The first-order valence-electron chi connectivity index (χ1n) is 4.91. The molecule has 0 aliphatic carbocycles. The number of ether oxygens (including phenoxy) is 1. The molecule has 2 aromatic rings. The molecule has 17 heavy (non-hydrogen) atoms. The number of rotatable bonds is 3. The maximum Gasteiger partial charge on any atom is 0.239 e. The third-order valence-electron chi connectivity index (χ3n) is 2.11. The summed E-state index contributed by atoms with van der Waals surface area (Å²) in [4.78, 5) is 7.93. The van der Waals surface area contributed by atoms with E-state index in [1.165, 1.54) is 30.6 Å². The number of aryl methyl sites for hydroxylation is 1. The monoisotopic (exact) mass is 234 g/mol. The average molecular weight is 234 g/mol. The van der Waals surface area contributed by atoms with Crippen molar-refractivity contribution >= 4 is 5.82 Å². The summed E-state index contributed by atoms with van der Waals surface area (Å²) in [5.41, 5.74) is 3.04. The van der Waals surface area contributed by atoms with Crippen LogP contribution in [-0.2, 0) is 0 Å². The summed E-state index contributed by atoms with van der Waals surface area (Å²) in [6, 6.07) is 4.24. The van der Waals surface area contributed by atoms with Gasteiger partial charge in [-0.2, -0.15) is 4.98 Å². The van der Waals surface area contributed by atoms with Crippen molar-refractivity contribution in [1.29, 1.82) is 0 Å². The molecule has 1 aromatic heterocycles. The maximum atomic E-state index is 12.9. The molecule has 0 aliphatic rings. The first kappa shape index (κ1) is 11.3. The lowest BCUT2D eigenvalue weighted by Gasteiger charge is -2.08. The molecule has 0 saturated heterocycles. The highest BCUT2D eigenvalue weighted by Gasteiger charge is 2.04. The number of nitrogens with two attached hydrogens (primary N) is 1. The molecule has 0 atom stereocenters. The van der Waals surface area contributed by atoms with Crippen LogP contribution in [0.1, 0.15) is 5.56 Å². The number of halogens is 1. The van der Waals surface area contributed by atoms with Crippen molar-refractivity contribution in [3.63, 3.8) is 0 Å². The zero-order chi connectivity index (χ0) is 12.3. The molecule has 1 heterocycles. The van der Waals surface area contributed by atoms with E-state index in [1.54, 1.807) is 6.92 Å². The molecule has 0 bridgehead atoms. The summed E-state index contributed by atoms with van der Waals surface area (Å²) in [7, 11) is 0. The van der Waals surface area contributed by atoms with E-state index in [-0.39, 0.29) is 11.7 Å². The molecule has 0 saturated carbocycles. The molecule has 0 aliphatic heterocycles. The highest BCUT2D eigenvalue weighted by atomic mass is 19.1. The van der Waals surface area contributed by atoms with Gasteiger partial charge in [0.2, 0.25) is 5.88 Å². The predicted molar refractivity (Wildman–Crippen MR) is 61.1 cm³/mol. The van der Waals surface area contributed by atoms with E-state index >= 15 is 0 Å². The van der Waals surface area contributed by atoms with Gasteiger partial charge in [-0.15, -0.1) is 0 Å². The second kappa shape index (κ2) is 4.75. The van der Waals surface area contributed by atoms with E-state index in [2.05, 4.69) is 15.4 Å². The molecule has 5 nitrogen and oxygen atoms in total. The molecule has 6 heteroatoms. The van der Waals surface area contributed by atoms with E-state index in [0.29, 0.717) is 17.1 Å². The predicted octanol–water partition coefficient (Wildman–Crippen LogP) is 2.00. The van der Waals surface area contributed by atoms with Crippen LogP contribution in [0, 0.1) is 12.7 Å². The standard InChI is InChI=1S/C11H11FN4O/c1-7-4-8(12)2-3-9(7)17-11-6-14-5-10(15-11)16-13/h2-6H,13H2,1H3,(H,15,16). The molecule has 2 rings (SSSR count). The third-order valence-corrected chi connectivity index (χ3v) is 2.11. The Morgan fingerprint density at radius 1 is 1.35 bits per heavy atom. The van der Waals surface area contributed by atoms with E-state index in [4.69, 9.17) is 10.6 Å². The molecule has 88 valence electrons. The van der Waals surface area contributed by atoms with Crippen LogP contribution in [-0.4, -0.2) is 9.97 Å². The highest BCUT2D eigenvalue weighted by Crippen LogP contribution is 2.24. The van der Waals surface area contributed by atoms with Gasteiger partial charge in [-0.25, -0.2) is 10.2 Å². The van der Waals surface area contributed by atoms with Gasteiger partial charge in [0, 0.05) is 0 Å². The summed E-state index contributed by atoms with van der Waals surface area (Å²) < 4.78 is 18.4. The molecule has 0 amide bonds. The van der Waals surface area contributed by atoms with E-state index in [9.17, 15) is 4.39 Å². The van der Waals surface area contributed by atoms with Crippen molar-refractivity contribution in [2.75, 3.05) is 5.43 Å². The van der Waals surface area contributed by atoms with Crippen LogP contribution in [0.15, 0.2) is 30.6 Å². The Morgan fingerprint density at radius 2 is 2.18 bits per heavy atom. The lowest BCUT2D eigenvalue weighted by molar-refractivity contribution is 0.455. The number of hydrazine groups is 1. The first-order chi connectivity index (χ1) is 8.19. The summed E-state index contributed by atoms with van der Waals surface area (Å²) in [5, 5.41) is 0. The van der Waals surface area contributed by atoms with Crippen LogP contribution in [0.25, 0.3) is 0 Å². The fourth-order valence-corrected chi connectivity index (χ4v) is 1.31. The quantitative estimate of drug-likeness (QED) is 0.627. The SMILES string of the molecule is Cc1cc(F)ccc1Oc1cncc(NN)n1. The molecular formula is C11H11FN4O. The minimum Gasteiger partial charge on any atom is -0.437 e. The fraction of sp³-hybridized carbons (Fsp3) is 0.0909. The van der Waals surface area contributed by atoms with Gasteiger partial charge in [0.25, 0.3) is 0 Å². The van der Waals surface area contributed by atoms with Gasteiger partial charge in [0.1, 0.15) is 11.6 Å². The molecule has 0 unspecified atom stereocenters. The summed E-state index contributed by atoms with van der Waals surface area (Å²) >= 11 is 0. The van der Waals surface area contributed by atoms with Crippen molar-refractivity contribution in [1.82, 2.24) is 9.97 Å². The van der Waals surface area contributed by atoms with Crippen LogP contribution in [0.2, 0.25) is 0 Å². The maximum absolute atomic E-state index is 12.9. The minimum atomic E-state index is -0.307. The topological polar surface area (TPSA) is 73.1 Å². The zero-order valence-electron chi connectivity index (χ0n) is 9.14. The molecule has 1 aromatic carbocycles. The molecule has 0 radical (unpaired) electrons. The molecular weight excluding hydrogens is 223 g/mol. The molecule has 3 N–H and O–H groups in total. The number of benzene rings is 1. The van der Waals surface area contributed by atoms with Gasteiger partial charge in [-0.1, -0.05) is 0 Å². The van der Waals surface area contributed by atoms with Gasteiger partial charge < -0.3 is 10.2 Å². The summed E-state index contributed by atoms with van der Waals surface area (Å²) in [5.74, 6) is 6.10. The van der Waals surface area contributed by atoms with Gasteiger partial charge in [-0.05, 0) is 30.7 Å². The van der Waals surface area contributed by atoms with Crippen LogP contribution in [0.5, 0.6) is 11.6 Å². The van der Waals surface area contributed by atoms with Gasteiger partial charge in [0.05, 0.1) is 12.4 Å². The van der Waals surface area contributed by atoms with Gasteiger partial charge in [0.15, 0.2) is 5.82 Å². The number of hydrogen-bond donors (Lipinski definition) is 2. The summed E-state index contributed by atoms with van der Waals surface area (Å²) in [6.07, 6.45) is 2.91. The Morgan fingerprint density at radius 3 is 2.88 bits per heavy atom. The minimum absolute atomic E-state index is 0.287. The number of nitrogen functional groups attached to an aromatic ring is 1. The number of aromatic nitrogens is 2. The van der Waals surface area contributed by atoms with E-state index < -0.39 is 0 Å². The summed E-state index contributed by atoms with van der Waals surface area (Å²) in [6.45, 7) is 1.75. The second-order valence-electron chi connectivity index (χ2n) is 3.40. The van der Waals surface area contributed by atoms with Crippen LogP contribution in [0.3, 0.4) is 0 Å². The molecule has 0 spiro atoms. The average Bonchev–Trinajstić information content (AvgIpc) is 2.33. The normalized spacial score (nSPS) is 10.1. The van der Waals surface area contributed by atoms with Gasteiger partial charge in [-0.3, -0.25) is 4.98 Å².